The number of ether oxygens (including phenoxy) is 1. The Morgan fingerprint density at radius 2 is 1.95 bits per heavy atom. The third-order valence-electron chi connectivity index (χ3n) is 3.82. The van der Waals surface area contributed by atoms with E-state index in [2.05, 4.69) is 33.9 Å². The van der Waals surface area contributed by atoms with E-state index in [1.165, 1.54) is 19.2 Å². The van der Waals surface area contributed by atoms with Gasteiger partial charge in [-0.1, -0.05) is 29.0 Å². The number of rotatable bonds is 2. The van der Waals surface area contributed by atoms with Crippen molar-refractivity contribution in [3.05, 3.63) is 28.2 Å². The van der Waals surface area contributed by atoms with Crippen molar-refractivity contribution in [3.8, 4) is 0 Å². The molecule has 1 saturated heterocycles. The summed E-state index contributed by atoms with van der Waals surface area (Å²) < 4.78 is 5.87. The summed E-state index contributed by atoms with van der Waals surface area (Å²) in [7, 11) is 0.430. The molecule has 0 amide bonds. The number of carbonyl (C=O) groups is 1. The third-order valence-corrected chi connectivity index (χ3v) is 7.47. The van der Waals surface area contributed by atoms with Gasteiger partial charge < -0.3 is 9.64 Å². The van der Waals surface area contributed by atoms with E-state index in [0.717, 1.165) is 23.2 Å². The van der Waals surface area contributed by atoms with E-state index in [-0.39, 0.29) is 5.97 Å². The van der Waals surface area contributed by atoms with E-state index in [9.17, 15) is 4.79 Å². The summed E-state index contributed by atoms with van der Waals surface area (Å²) in [5.74, 6) is -0.260. The average Bonchev–Trinajstić information content (AvgIpc) is 2.38. The molecule has 5 heteroatoms. The number of anilines is 1. The SMILES string of the molecule is COC(=O)c1ccc(Br)cc1N1CC[Si](C)(C)CC1. The minimum Gasteiger partial charge on any atom is -0.465 e. The standard InChI is InChI=1S/C14H20BrNO2Si/c1-18-14(17)12-5-4-11(15)10-13(12)16-6-8-19(2,3)9-7-16/h4-5,10H,6-9H2,1-3H3. The van der Waals surface area contributed by atoms with Crippen molar-refractivity contribution >= 4 is 35.7 Å². The Bertz CT molecular complexity index is 480. The smallest absolute Gasteiger partial charge is 0.339 e. The van der Waals surface area contributed by atoms with Gasteiger partial charge in [0.2, 0.25) is 0 Å². The molecule has 1 aromatic rings. The summed E-state index contributed by atoms with van der Waals surface area (Å²) in [6.07, 6.45) is 0. The highest BCUT2D eigenvalue weighted by Gasteiger charge is 2.29. The van der Waals surface area contributed by atoms with Crippen LogP contribution in [0.15, 0.2) is 22.7 Å². The summed E-state index contributed by atoms with van der Waals surface area (Å²) in [4.78, 5) is 14.2. The number of hydrogen-bond acceptors (Lipinski definition) is 3. The molecule has 19 heavy (non-hydrogen) atoms. The van der Waals surface area contributed by atoms with Gasteiger partial charge in [-0.05, 0) is 30.3 Å². The van der Waals surface area contributed by atoms with Crippen LogP contribution in [0.2, 0.25) is 25.2 Å². The topological polar surface area (TPSA) is 29.5 Å². The van der Waals surface area contributed by atoms with Crippen LogP contribution in [-0.2, 0) is 4.74 Å². The average molecular weight is 342 g/mol. The zero-order valence-corrected chi connectivity index (χ0v) is 14.3. The molecule has 0 bridgehead atoms. The summed E-state index contributed by atoms with van der Waals surface area (Å²) in [5.41, 5.74) is 1.65. The Labute approximate surface area is 124 Å². The van der Waals surface area contributed by atoms with Gasteiger partial charge in [0.25, 0.3) is 0 Å². The number of benzene rings is 1. The molecule has 1 heterocycles. The zero-order chi connectivity index (χ0) is 14.0. The molecule has 0 radical (unpaired) electrons. The predicted molar refractivity (Wildman–Crippen MR) is 84.8 cm³/mol. The molecule has 1 fully saturated rings. The second-order valence-corrected chi connectivity index (χ2v) is 12.0. The molecule has 0 saturated carbocycles. The van der Waals surface area contributed by atoms with E-state index in [1.807, 2.05) is 18.2 Å². The Morgan fingerprint density at radius 1 is 1.32 bits per heavy atom. The van der Waals surface area contributed by atoms with Gasteiger partial charge in [0.1, 0.15) is 0 Å². The maximum Gasteiger partial charge on any atom is 0.339 e. The van der Waals surface area contributed by atoms with Crippen molar-refractivity contribution in [1.29, 1.82) is 0 Å². The molecular formula is C14H20BrNO2Si. The first-order valence-corrected chi connectivity index (χ1v) is 10.8. The highest BCUT2D eigenvalue weighted by atomic mass is 79.9. The molecule has 1 aromatic carbocycles. The number of nitrogens with zero attached hydrogens (tertiary/aromatic N) is 1. The van der Waals surface area contributed by atoms with E-state index >= 15 is 0 Å². The molecule has 0 atom stereocenters. The summed E-state index contributed by atoms with van der Waals surface area (Å²) >= 11 is 3.49. The molecular weight excluding hydrogens is 322 g/mol. The molecule has 0 spiro atoms. The molecule has 0 aromatic heterocycles. The Morgan fingerprint density at radius 3 is 2.53 bits per heavy atom. The zero-order valence-electron chi connectivity index (χ0n) is 11.7. The first kappa shape index (κ1) is 14.6. The Hall–Kier alpha value is -0.813. The number of halogens is 1. The van der Waals surface area contributed by atoms with Crippen molar-refractivity contribution in [2.75, 3.05) is 25.1 Å². The highest BCUT2D eigenvalue weighted by molar-refractivity contribution is 9.10. The van der Waals surface area contributed by atoms with Crippen LogP contribution in [0.4, 0.5) is 5.69 Å². The lowest BCUT2D eigenvalue weighted by molar-refractivity contribution is 0.0601. The van der Waals surface area contributed by atoms with E-state index in [4.69, 9.17) is 4.74 Å². The van der Waals surface area contributed by atoms with Gasteiger partial charge in [-0.25, -0.2) is 4.79 Å². The minimum absolute atomic E-state index is 0.260. The fourth-order valence-electron chi connectivity index (χ4n) is 2.40. The molecule has 1 aliphatic heterocycles. The first-order valence-electron chi connectivity index (χ1n) is 6.56. The van der Waals surface area contributed by atoms with E-state index in [0.29, 0.717) is 5.56 Å². The van der Waals surface area contributed by atoms with E-state index < -0.39 is 8.07 Å². The lowest BCUT2D eigenvalue weighted by Gasteiger charge is -2.37. The molecule has 1 aliphatic rings. The number of methoxy groups -OCH3 is 1. The molecule has 3 nitrogen and oxygen atoms in total. The van der Waals surface area contributed by atoms with Gasteiger partial charge in [-0.15, -0.1) is 0 Å². The van der Waals surface area contributed by atoms with Crippen molar-refractivity contribution in [3.63, 3.8) is 0 Å². The van der Waals surface area contributed by atoms with Crippen molar-refractivity contribution in [2.24, 2.45) is 0 Å². The van der Waals surface area contributed by atoms with Gasteiger partial charge in [-0.2, -0.15) is 0 Å². The van der Waals surface area contributed by atoms with Crippen LogP contribution < -0.4 is 4.90 Å². The second kappa shape index (κ2) is 5.67. The summed E-state index contributed by atoms with van der Waals surface area (Å²) in [6, 6.07) is 8.30. The van der Waals surface area contributed by atoms with Crippen molar-refractivity contribution in [1.82, 2.24) is 0 Å². The van der Waals surface area contributed by atoms with Crippen LogP contribution in [-0.4, -0.2) is 34.2 Å². The third kappa shape index (κ3) is 3.39. The van der Waals surface area contributed by atoms with Crippen LogP contribution in [0.3, 0.4) is 0 Å². The highest BCUT2D eigenvalue weighted by Crippen LogP contribution is 2.31. The molecule has 104 valence electrons. The fraction of sp³-hybridized carbons (Fsp3) is 0.500. The second-order valence-electron chi connectivity index (χ2n) is 5.80. The van der Waals surface area contributed by atoms with Crippen LogP contribution in [0.25, 0.3) is 0 Å². The largest absolute Gasteiger partial charge is 0.465 e. The van der Waals surface area contributed by atoms with Crippen LogP contribution in [0.1, 0.15) is 10.4 Å². The summed E-state index contributed by atoms with van der Waals surface area (Å²) in [6.45, 7) is 6.96. The number of carbonyl (C=O) groups excluding carboxylic acids is 1. The monoisotopic (exact) mass is 341 g/mol. The Kier molecular flexibility index (Phi) is 4.35. The van der Waals surface area contributed by atoms with Crippen LogP contribution >= 0.6 is 15.9 Å². The fourth-order valence-corrected chi connectivity index (χ4v) is 4.75. The van der Waals surface area contributed by atoms with Crippen molar-refractivity contribution < 1.29 is 9.53 Å². The Balaban J connectivity index is 2.28. The van der Waals surface area contributed by atoms with Gasteiger partial charge in [0.05, 0.1) is 26.4 Å². The molecule has 0 unspecified atom stereocenters. The molecule has 0 N–H and O–H groups in total. The molecule has 2 rings (SSSR count). The van der Waals surface area contributed by atoms with Gasteiger partial charge in [-0.3, -0.25) is 0 Å². The predicted octanol–water partition coefficient (Wildman–Crippen LogP) is 3.76. The lowest BCUT2D eigenvalue weighted by atomic mass is 10.1. The first-order chi connectivity index (χ1) is 8.93. The van der Waals surface area contributed by atoms with Crippen LogP contribution in [0.5, 0.6) is 0 Å². The van der Waals surface area contributed by atoms with Gasteiger partial charge in [0.15, 0.2) is 0 Å². The van der Waals surface area contributed by atoms with Crippen LogP contribution in [0, 0.1) is 0 Å². The van der Waals surface area contributed by atoms with Crippen molar-refractivity contribution in [2.45, 2.75) is 25.2 Å². The lowest BCUT2D eigenvalue weighted by Crippen LogP contribution is -2.43. The quantitative estimate of drug-likeness (QED) is 0.605. The van der Waals surface area contributed by atoms with Gasteiger partial charge >= 0.3 is 5.97 Å². The normalized spacial score (nSPS) is 18.2. The number of hydrogen-bond donors (Lipinski definition) is 0. The number of esters is 1. The van der Waals surface area contributed by atoms with Gasteiger partial charge in [0, 0.05) is 17.6 Å². The maximum atomic E-state index is 11.9. The molecule has 0 aliphatic carbocycles. The summed E-state index contributed by atoms with van der Waals surface area (Å²) in [5, 5.41) is 0. The maximum absolute atomic E-state index is 11.9. The van der Waals surface area contributed by atoms with E-state index in [1.54, 1.807) is 0 Å². The minimum atomic E-state index is -1.00.